The summed E-state index contributed by atoms with van der Waals surface area (Å²) in [6.45, 7) is 9.25. The van der Waals surface area contributed by atoms with Gasteiger partial charge in [0.2, 0.25) is 0 Å². The van der Waals surface area contributed by atoms with Crippen molar-refractivity contribution >= 4 is 0 Å². The third-order valence-electron chi connectivity index (χ3n) is 4.23. The molecule has 0 heterocycles. The van der Waals surface area contributed by atoms with Crippen LogP contribution in [-0.2, 0) is 32.7 Å². The summed E-state index contributed by atoms with van der Waals surface area (Å²) in [7, 11) is 0. The maximum atomic E-state index is 2.38. The van der Waals surface area contributed by atoms with Gasteiger partial charge in [0, 0.05) is 32.7 Å². The van der Waals surface area contributed by atoms with Crippen LogP contribution in [-0.4, -0.2) is 0 Å². The molecule has 0 fully saturated rings. The Morgan fingerprint density at radius 1 is 0.750 bits per heavy atom. The van der Waals surface area contributed by atoms with Crippen molar-refractivity contribution in [3.8, 4) is 0 Å². The van der Waals surface area contributed by atoms with Crippen LogP contribution in [0.2, 0.25) is 0 Å². The van der Waals surface area contributed by atoms with Gasteiger partial charge in [-0.05, 0) is 5.92 Å². The van der Waals surface area contributed by atoms with Crippen LogP contribution in [0.5, 0.6) is 0 Å². The van der Waals surface area contributed by atoms with Crippen LogP contribution in [0, 0.1) is 25.7 Å². The van der Waals surface area contributed by atoms with E-state index in [4.69, 9.17) is 0 Å². The summed E-state index contributed by atoms with van der Waals surface area (Å²) in [5.41, 5.74) is 0. The molecule has 0 amide bonds. The van der Waals surface area contributed by atoms with Crippen LogP contribution >= 0.6 is 0 Å². The molecule has 0 aromatic carbocycles. The molecular formula is C19H40Y-2. The summed E-state index contributed by atoms with van der Waals surface area (Å²) in [5, 5.41) is 0. The molecule has 20 heavy (non-hydrogen) atoms. The van der Waals surface area contributed by atoms with Crippen LogP contribution in [0.1, 0.15) is 98.3 Å². The van der Waals surface area contributed by atoms with E-state index in [9.17, 15) is 0 Å². The molecule has 1 radical (unpaired) electrons. The van der Waals surface area contributed by atoms with Gasteiger partial charge in [-0.3, -0.25) is 0 Å². The van der Waals surface area contributed by atoms with Gasteiger partial charge in [0.05, 0.1) is 0 Å². The molecule has 0 saturated heterocycles. The largest absolute Gasteiger partial charge is 0.358 e. The zero-order valence-corrected chi connectivity index (χ0v) is 17.9. The first-order valence-electron chi connectivity index (χ1n) is 8.48. The van der Waals surface area contributed by atoms with E-state index in [-0.39, 0.29) is 40.1 Å². The van der Waals surface area contributed by atoms with E-state index in [1.807, 2.05) is 0 Å². The number of unbranched alkanes of at least 4 members (excludes halogenated alkanes) is 6. The molecule has 0 spiro atoms. The SMILES string of the molecule is C[CH-]CC(C)CCCCCCCCCC(C)CC.[CH3-].[Y]. The Labute approximate surface area is 156 Å². The molecule has 1 heteroatoms. The minimum Gasteiger partial charge on any atom is -0.358 e. The average Bonchev–Trinajstić information content (AvgIpc) is 2.36. The van der Waals surface area contributed by atoms with Crippen molar-refractivity contribution in [1.82, 2.24) is 0 Å². The third kappa shape index (κ3) is 19.1. The monoisotopic (exact) mass is 357 g/mol. The normalized spacial score (nSPS) is 13.2. The summed E-state index contributed by atoms with van der Waals surface area (Å²) >= 11 is 0. The van der Waals surface area contributed by atoms with Gasteiger partial charge < -0.3 is 13.8 Å². The Balaban J connectivity index is -0.00000144. The second-order valence-corrected chi connectivity index (χ2v) is 6.31. The molecule has 2 unspecified atom stereocenters. The predicted octanol–water partition coefficient (Wildman–Crippen LogP) is 7.24. The Hall–Kier alpha value is 1.10. The molecule has 0 rings (SSSR count). The second-order valence-electron chi connectivity index (χ2n) is 6.31. The van der Waals surface area contributed by atoms with Crippen molar-refractivity contribution in [2.75, 3.05) is 0 Å². The third-order valence-corrected chi connectivity index (χ3v) is 4.23. The molecule has 0 aliphatic carbocycles. The summed E-state index contributed by atoms with van der Waals surface area (Å²) in [6, 6.07) is 0. The minimum atomic E-state index is 0. The number of hydrogen-bond donors (Lipinski definition) is 0. The van der Waals surface area contributed by atoms with Gasteiger partial charge >= 0.3 is 0 Å². The Morgan fingerprint density at radius 2 is 1.15 bits per heavy atom. The van der Waals surface area contributed by atoms with Gasteiger partial charge in [0.1, 0.15) is 0 Å². The van der Waals surface area contributed by atoms with E-state index in [0.29, 0.717) is 0 Å². The van der Waals surface area contributed by atoms with Gasteiger partial charge in [0.15, 0.2) is 0 Å². The maximum Gasteiger partial charge on any atom is 0 e. The molecular weight excluding hydrogens is 317 g/mol. The van der Waals surface area contributed by atoms with Crippen molar-refractivity contribution in [1.29, 1.82) is 0 Å². The fraction of sp³-hybridized carbons (Fsp3) is 0.895. The molecule has 0 aromatic heterocycles. The fourth-order valence-electron chi connectivity index (χ4n) is 2.59. The Bertz CT molecular complexity index is 156. The zero-order valence-electron chi connectivity index (χ0n) is 15.1. The van der Waals surface area contributed by atoms with Gasteiger partial charge in [-0.1, -0.05) is 90.9 Å². The van der Waals surface area contributed by atoms with Gasteiger partial charge in [-0.15, -0.1) is 0 Å². The van der Waals surface area contributed by atoms with Crippen molar-refractivity contribution in [2.24, 2.45) is 11.8 Å². The smallest absolute Gasteiger partial charge is 0 e. The van der Waals surface area contributed by atoms with E-state index in [1.54, 1.807) is 0 Å². The summed E-state index contributed by atoms with van der Waals surface area (Å²) in [5.74, 6) is 1.85. The molecule has 0 nitrogen and oxygen atoms in total. The van der Waals surface area contributed by atoms with Crippen LogP contribution in [0.4, 0.5) is 0 Å². The molecule has 0 aromatic rings. The van der Waals surface area contributed by atoms with Crippen LogP contribution in [0.15, 0.2) is 0 Å². The fourth-order valence-corrected chi connectivity index (χ4v) is 2.59. The van der Waals surface area contributed by atoms with Crippen molar-refractivity contribution in [2.45, 2.75) is 98.3 Å². The molecule has 121 valence electrons. The molecule has 0 aliphatic rings. The van der Waals surface area contributed by atoms with Crippen LogP contribution in [0.25, 0.3) is 0 Å². The van der Waals surface area contributed by atoms with E-state index >= 15 is 0 Å². The van der Waals surface area contributed by atoms with E-state index in [2.05, 4.69) is 34.1 Å². The van der Waals surface area contributed by atoms with Gasteiger partial charge in [-0.2, -0.15) is 13.3 Å². The molecule has 0 aliphatic heterocycles. The quantitative estimate of drug-likeness (QED) is 0.241. The summed E-state index contributed by atoms with van der Waals surface area (Å²) in [4.78, 5) is 0. The van der Waals surface area contributed by atoms with Crippen molar-refractivity contribution in [3.63, 3.8) is 0 Å². The first-order valence-corrected chi connectivity index (χ1v) is 8.48. The number of hydrogen-bond acceptors (Lipinski definition) is 0. The van der Waals surface area contributed by atoms with Crippen molar-refractivity contribution in [3.05, 3.63) is 13.8 Å². The second kappa shape index (κ2) is 20.1. The molecule has 0 bridgehead atoms. The Kier molecular flexibility index (Phi) is 26.2. The average molecular weight is 357 g/mol. The summed E-state index contributed by atoms with van der Waals surface area (Å²) in [6.07, 6.45) is 18.1. The van der Waals surface area contributed by atoms with Gasteiger partial charge in [-0.25, -0.2) is 0 Å². The van der Waals surface area contributed by atoms with Crippen LogP contribution in [0.3, 0.4) is 0 Å². The molecule has 0 saturated carbocycles. The maximum absolute atomic E-state index is 2.38. The van der Waals surface area contributed by atoms with E-state index in [1.165, 1.54) is 70.6 Å². The topological polar surface area (TPSA) is 0 Å². The van der Waals surface area contributed by atoms with Crippen LogP contribution < -0.4 is 0 Å². The van der Waals surface area contributed by atoms with E-state index in [0.717, 1.165) is 11.8 Å². The first kappa shape index (κ1) is 26.0. The van der Waals surface area contributed by atoms with Crippen molar-refractivity contribution < 1.29 is 32.7 Å². The zero-order chi connectivity index (χ0) is 13.6. The molecule has 0 N–H and O–H groups in total. The standard InChI is InChI=1S/C18H37.CH3.Y/c1-5-14-18(4)16-13-11-9-7-8-10-12-15-17(3)6-2;;/h5,17-18H,6-16H2,1-4H3;1H3;/q2*-1;. The number of rotatable bonds is 13. The first-order chi connectivity index (χ1) is 8.70. The summed E-state index contributed by atoms with van der Waals surface area (Å²) < 4.78 is 0. The predicted molar refractivity (Wildman–Crippen MR) is 91.2 cm³/mol. The van der Waals surface area contributed by atoms with Gasteiger partial charge in [0.25, 0.3) is 0 Å². The Morgan fingerprint density at radius 3 is 1.55 bits per heavy atom. The molecule has 2 atom stereocenters. The minimum absolute atomic E-state index is 0. The van der Waals surface area contributed by atoms with E-state index < -0.39 is 0 Å².